The molecule has 124 valence electrons. The molecule has 0 aliphatic carbocycles. The van der Waals surface area contributed by atoms with Crippen LogP contribution in [0.2, 0.25) is 0 Å². The number of guanidine groups is 1. The van der Waals surface area contributed by atoms with Crippen molar-refractivity contribution >= 4 is 17.3 Å². The maximum absolute atomic E-state index is 5.55. The lowest BCUT2D eigenvalue weighted by Crippen LogP contribution is -2.36. The number of hydrogen-bond donors (Lipinski definition) is 2. The van der Waals surface area contributed by atoms with E-state index in [1.807, 2.05) is 37.3 Å². The van der Waals surface area contributed by atoms with Crippen molar-refractivity contribution in [1.82, 2.24) is 15.6 Å². The lowest BCUT2D eigenvalue weighted by atomic mass is 10.2. The molecular formula is C18H20N4OS. The van der Waals surface area contributed by atoms with Crippen molar-refractivity contribution in [3.05, 3.63) is 64.7 Å². The minimum absolute atomic E-state index is 0.561. The Morgan fingerprint density at radius 1 is 1.21 bits per heavy atom. The summed E-state index contributed by atoms with van der Waals surface area (Å²) < 4.78 is 5.55. The molecule has 0 spiro atoms. The number of nitrogens with one attached hydrogen (secondary N) is 2. The fraction of sp³-hybridized carbons (Fsp3) is 0.222. The van der Waals surface area contributed by atoms with Crippen molar-refractivity contribution in [3.8, 4) is 11.5 Å². The Bertz CT molecular complexity index is 765. The van der Waals surface area contributed by atoms with Crippen LogP contribution in [0.5, 0.6) is 0 Å². The first-order valence-corrected chi connectivity index (χ1v) is 8.82. The predicted molar refractivity (Wildman–Crippen MR) is 97.9 cm³/mol. The minimum atomic E-state index is 0.561. The van der Waals surface area contributed by atoms with Gasteiger partial charge in [-0.05, 0) is 41.4 Å². The van der Waals surface area contributed by atoms with Gasteiger partial charge in [-0.1, -0.05) is 18.2 Å². The number of hydrogen-bond acceptors (Lipinski definition) is 4. The van der Waals surface area contributed by atoms with E-state index in [0.29, 0.717) is 19.0 Å². The number of aliphatic imine (C=N–C) groups is 1. The maximum atomic E-state index is 5.55. The highest BCUT2D eigenvalue weighted by atomic mass is 32.1. The third-order valence-electron chi connectivity index (χ3n) is 3.35. The van der Waals surface area contributed by atoms with Gasteiger partial charge in [0.15, 0.2) is 5.96 Å². The van der Waals surface area contributed by atoms with E-state index in [0.717, 1.165) is 23.8 Å². The number of rotatable bonds is 6. The van der Waals surface area contributed by atoms with Gasteiger partial charge in [0.05, 0.1) is 18.8 Å². The first kappa shape index (κ1) is 16.3. The van der Waals surface area contributed by atoms with Gasteiger partial charge in [-0.2, -0.15) is 11.3 Å². The van der Waals surface area contributed by atoms with Crippen molar-refractivity contribution in [3.63, 3.8) is 0 Å². The van der Waals surface area contributed by atoms with Crippen LogP contribution < -0.4 is 10.6 Å². The summed E-state index contributed by atoms with van der Waals surface area (Å²) in [5, 5.41) is 10.7. The molecular weight excluding hydrogens is 320 g/mol. The van der Waals surface area contributed by atoms with Crippen LogP contribution in [0, 0.1) is 0 Å². The fourth-order valence-corrected chi connectivity index (χ4v) is 2.83. The molecule has 0 aliphatic heterocycles. The van der Waals surface area contributed by atoms with Gasteiger partial charge in [-0.25, -0.2) is 9.98 Å². The normalized spacial score (nSPS) is 11.5. The van der Waals surface area contributed by atoms with Gasteiger partial charge < -0.3 is 15.1 Å². The molecule has 0 saturated carbocycles. The molecule has 0 radical (unpaired) electrons. The topological polar surface area (TPSA) is 62.5 Å². The molecule has 5 nitrogen and oxygen atoms in total. The molecule has 6 heteroatoms. The number of benzene rings is 1. The van der Waals surface area contributed by atoms with Crippen LogP contribution in [0.25, 0.3) is 11.5 Å². The van der Waals surface area contributed by atoms with Gasteiger partial charge in [0, 0.05) is 12.1 Å². The smallest absolute Gasteiger partial charge is 0.226 e. The molecule has 0 atom stereocenters. The van der Waals surface area contributed by atoms with Gasteiger partial charge in [0.2, 0.25) is 5.89 Å². The molecule has 2 aromatic heterocycles. The van der Waals surface area contributed by atoms with Crippen molar-refractivity contribution in [2.75, 3.05) is 6.54 Å². The van der Waals surface area contributed by atoms with Crippen LogP contribution in [0.15, 0.2) is 62.8 Å². The average molecular weight is 340 g/mol. The largest absolute Gasteiger partial charge is 0.444 e. The zero-order chi connectivity index (χ0) is 16.6. The van der Waals surface area contributed by atoms with E-state index in [1.165, 1.54) is 5.56 Å². The van der Waals surface area contributed by atoms with Crippen LogP contribution >= 0.6 is 11.3 Å². The molecule has 0 bridgehead atoms. The van der Waals surface area contributed by atoms with Gasteiger partial charge >= 0.3 is 0 Å². The zero-order valence-electron chi connectivity index (χ0n) is 13.5. The monoisotopic (exact) mass is 340 g/mol. The molecule has 0 amide bonds. The van der Waals surface area contributed by atoms with Crippen LogP contribution in [0.3, 0.4) is 0 Å². The molecule has 3 aromatic rings. The van der Waals surface area contributed by atoms with Crippen molar-refractivity contribution in [1.29, 1.82) is 0 Å². The summed E-state index contributed by atoms with van der Waals surface area (Å²) in [6.07, 6.45) is 1.68. The number of thiophene rings is 1. The summed E-state index contributed by atoms with van der Waals surface area (Å²) in [5.41, 5.74) is 3.03. The quantitative estimate of drug-likeness (QED) is 0.531. The van der Waals surface area contributed by atoms with Crippen molar-refractivity contribution in [2.45, 2.75) is 20.0 Å². The van der Waals surface area contributed by atoms with Crippen LogP contribution in [-0.4, -0.2) is 17.5 Å². The third kappa shape index (κ3) is 4.45. The second-order valence-electron chi connectivity index (χ2n) is 5.19. The predicted octanol–water partition coefficient (Wildman–Crippen LogP) is 3.66. The second-order valence-corrected chi connectivity index (χ2v) is 5.97. The summed E-state index contributed by atoms with van der Waals surface area (Å²) in [6.45, 7) is 4.08. The highest BCUT2D eigenvalue weighted by Gasteiger charge is 2.07. The molecule has 0 fully saturated rings. The van der Waals surface area contributed by atoms with Gasteiger partial charge in [-0.3, -0.25) is 0 Å². The average Bonchev–Trinajstić information content (AvgIpc) is 3.30. The Balaban J connectivity index is 1.60. The standard InChI is InChI=1S/C18H20N4OS/c1-2-19-18(20-10-14-8-9-24-13-14)21-11-16-12-23-17(22-16)15-6-4-3-5-7-15/h3-9,12-13H,2,10-11H2,1H3,(H2,19,20,21). The lowest BCUT2D eigenvalue weighted by molar-refractivity contribution is 0.572. The van der Waals surface area contributed by atoms with Crippen LogP contribution in [-0.2, 0) is 13.1 Å². The van der Waals surface area contributed by atoms with Gasteiger partial charge in [-0.15, -0.1) is 0 Å². The van der Waals surface area contributed by atoms with E-state index in [2.05, 4.69) is 37.4 Å². The summed E-state index contributed by atoms with van der Waals surface area (Å²) in [5.74, 6) is 1.40. The van der Waals surface area contributed by atoms with E-state index >= 15 is 0 Å². The first-order valence-electron chi connectivity index (χ1n) is 7.88. The molecule has 24 heavy (non-hydrogen) atoms. The zero-order valence-corrected chi connectivity index (χ0v) is 14.3. The Labute approximate surface area is 145 Å². The lowest BCUT2D eigenvalue weighted by Gasteiger charge is -2.09. The Hall–Kier alpha value is -2.60. The van der Waals surface area contributed by atoms with E-state index in [9.17, 15) is 0 Å². The van der Waals surface area contributed by atoms with Crippen molar-refractivity contribution < 1.29 is 4.42 Å². The number of oxazole rings is 1. The molecule has 2 N–H and O–H groups in total. The second kappa shape index (κ2) is 8.31. The third-order valence-corrected chi connectivity index (χ3v) is 4.09. The molecule has 0 unspecified atom stereocenters. The van der Waals surface area contributed by atoms with Gasteiger partial charge in [0.1, 0.15) is 6.26 Å². The molecule has 3 rings (SSSR count). The van der Waals surface area contributed by atoms with Crippen LogP contribution in [0.4, 0.5) is 0 Å². The summed E-state index contributed by atoms with van der Waals surface area (Å²) in [7, 11) is 0. The highest BCUT2D eigenvalue weighted by Crippen LogP contribution is 2.17. The summed E-state index contributed by atoms with van der Waals surface area (Å²) in [4.78, 5) is 9.09. The van der Waals surface area contributed by atoms with Gasteiger partial charge in [0.25, 0.3) is 0 Å². The van der Waals surface area contributed by atoms with E-state index in [-0.39, 0.29) is 0 Å². The van der Waals surface area contributed by atoms with E-state index < -0.39 is 0 Å². The maximum Gasteiger partial charge on any atom is 0.226 e. The van der Waals surface area contributed by atoms with E-state index in [4.69, 9.17) is 4.42 Å². The number of aromatic nitrogens is 1. The molecule has 0 saturated heterocycles. The highest BCUT2D eigenvalue weighted by molar-refractivity contribution is 7.07. The number of nitrogens with zero attached hydrogens (tertiary/aromatic N) is 2. The summed E-state index contributed by atoms with van der Waals surface area (Å²) >= 11 is 1.68. The minimum Gasteiger partial charge on any atom is -0.444 e. The van der Waals surface area contributed by atoms with E-state index in [1.54, 1.807) is 17.6 Å². The Morgan fingerprint density at radius 2 is 2.08 bits per heavy atom. The molecule has 2 heterocycles. The SMILES string of the molecule is CCNC(=NCc1ccsc1)NCc1coc(-c2ccccc2)n1. The van der Waals surface area contributed by atoms with Crippen LogP contribution in [0.1, 0.15) is 18.2 Å². The molecule has 1 aromatic carbocycles. The molecule has 0 aliphatic rings. The Morgan fingerprint density at radius 3 is 2.83 bits per heavy atom. The Kier molecular flexibility index (Phi) is 5.63. The first-order chi connectivity index (χ1) is 11.8. The van der Waals surface area contributed by atoms with Crippen molar-refractivity contribution in [2.24, 2.45) is 4.99 Å². The fourth-order valence-electron chi connectivity index (χ4n) is 2.17. The summed E-state index contributed by atoms with van der Waals surface area (Å²) in [6, 6.07) is 12.0.